The maximum Gasteiger partial charge on any atom is 0.123 e. The molecule has 0 bridgehead atoms. The van der Waals surface area contributed by atoms with Crippen LogP contribution in [0, 0.1) is 5.82 Å². The van der Waals surface area contributed by atoms with Crippen molar-refractivity contribution in [2.45, 2.75) is 19.6 Å². The van der Waals surface area contributed by atoms with E-state index < -0.39 is 11.9 Å². The molecule has 0 spiro atoms. The maximum atomic E-state index is 13.2. The fourth-order valence-electron chi connectivity index (χ4n) is 1.77. The van der Waals surface area contributed by atoms with Gasteiger partial charge in [-0.1, -0.05) is 27.5 Å². The molecule has 0 fully saturated rings. The lowest BCUT2D eigenvalue weighted by atomic mass is 10.1. The quantitative estimate of drug-likeness (QED) is 0.933. The van der Waals surface area contributed by atoms with Gasteiger partial charge in [0.15, 0.2) is 0 Å². The summed E-state index contributed by atoms with van der Waals surface area (Å²) in [6.07, 6.45) is 0.446. The maximum absolute atomic E-state index is 13.2. The number of aryl methyl sites for hydroxylation is 1. The molecule has 1 unspecified atom stereocenters. The van der Waals surface area contributed by atoms with Crippen molar-refractivity contribution in [3.05, 3.63) is 51.0 Å². The third-order valence-corrected chi connectivity index (χ3v) is 3.66. The van der Waals surface area contributed by atoms with Crippen LogP contribution in [0.1, 0.15) is 24.3 Å². The Morgan fingerprint density at radius 2 is 2.28 bits per heavy atom. The Bertz CT molecular complexity index is 573. The molecule has 1 aromatic heterocycles. The molecule has 0 saturated carbocycles. The summed E-state index contributed by atoms with van der Waals surface area (Å²) < 4.78 is 15.5. The highest BCUT2D eigenvalue weighted by molar-refractivity contribution is 9.10. The molecular weight excluding hydrogens is 322 g/mol. The van der Waals surface area contributed by atoms with Gasteiger partial charge in [-0.25, -0.2) is 4.39 Å². The zero-order valence-corrected chi connectivity index (χ0v) is 11.9. The van der Waals surface area contributed by atoms with Gasteiger partial charge in [0.25, 0.3) is 0 Å². The second kappa shape index (κ2) is 5.38. The Labute approximate surface area is 117 Å². The molecule has 3 nitrogen and oxygen atoms in total. The number of hydrogen-bond acceptors (Lipinski definition) is 2. The van der Waals surface area contributed by atoms with E-state index in [2.05, 4.69) is 21.0 Å². The predicted molar refractivity (Wildman–Crippen MR) is 71.1 cm³/mol. The topological polar surface area (TPSA) is 38.0 Å². The molecule has 1 aromatic carbocycles. The van der Waals surface area contributed by atoms with E-state index in [1.807, 2.05) is 6.92 Å². The van der Waals surface area contributed by atoms with E-state index in [0.29, 0.717) is 27.3 Å². The molecular formula is C12H11BrClFN2O. The zero-order chi connectivity index (χ0) is 13.3. The molecule has 0 saturated heterocycles. The van der Waals surface area contributed by atoms with Crippen molar-refractivity contribution in [3.63, 3.8) is 0 Å². The third-order valence-electron chi connectivity index (χ3n) is 2.64. The van der Waals surface area contributed by atoms with Gasteiger partial charge in [-0.05, 0) is 25.1 Å². The first-order valence-corrected chi connectivity index (χ1v) is 6.56. The van der Waals surface area contributed by atoms with Gasteiger partial charge in [-0.2, -0.15) is 5.10 Å². The number of aliphatic hydroxyl groups is 1. The summed E-state index contributed by atoms with van der Waals surface area (Å²) in [4.78, 5) is 0. The molecule has 96 valence electrons. The highest BCUT2D eigenvalue weighted by Crippen LogP contribution is 2.32. The predicted octanol–water partition coefficient (Wildman–Crippen LogP) is 3.54. The van der Waals surface area contributed by atoms with Crippen molar-refractivity contribution in [3.8, 4) is 0 Å². The Balaban J connectivity index is 2.50. The van der Waals surface area contributed by atoms with E-state index in [1.54, 1.807) is 10.7 Å². The number of nitrogens with zero attached hydrogens (tertiary/aromatic N) is 2. The summed E-state index contributed by atoms with van der Waals surface area (Å²) in [5, 5.41) is 14.7. The summed E-state index contributed by atoms with van der Waals surface area (Å²) >= 11 is 9.30. The zero-order valence-electron chi connectivity index (χ0n) is 9.57. The summed E-state index contributed by atoms with van der Waals surface area (Å²) in [5.74, 6) is -0.411. The summed E-state index contributed by atoms with van der Waals surface area (Å²) in [7, 11) is 0. The van der Waals surface area contributed by atoms with Crippen molar-refractivity contribution in [2.75, 3.05) is 0 Å². The fourth-order valence-corrected chi connectivity index (χ4v) is 2.48. The normalized spacial score (nSPS) is 12.7. The minimum absolute atomic E-state index is 0.362. The summed E-state index contributed by atoms with van der Waals surface area (Å²) in [5.41, 5.74) is 0.887. The molecule has 0 aliphatic rings. The number of hydrogen-bond donors (Lipinski definition) is 1. The number of aromatic nitrogens is 2. The van der Waals surface area contributed by atoms with E-state index in [9.17, 15) is 9.50 Å². The molecule has 18 heavy (non-hydrogen) atoms. The van der Waals surface area contributed by atoms with Crippen LogP contribution < -0.4 is 0 Å². The number of aliphatic hydroxyl groups excluding tert-OH is 1. The number of halogens is 3. The second-order valence-corrected chi connectivity index (χ2v) is 5.02. The molecule has 6 heteroatoms. The lowest BCUT2D eigenvalue weighted by Crippen LogP contribution is -2.10. The van der Waals surface area contributed by atoms with Gasteiger partial charge < -0.3 is 5.11 Å². The standard InChI is InChI=1S/C12H11BrClFN2O/c1-2-17-11(10(14)6-16-17)12(18)8-5-7(15)3-4-9(8)13/h3-6,12,18H,2H2,1H3. The summed E-state index contributed by atoms with van der Waals surface area (Å²) in [6.45, 7) is 2.46. The minimum Gasteiger partial charge on any atom is -0.382 e. The average Bonchev–Trinajstić information content (AvgIpc) is 2.72. The van der Waals surface area contributed by atoms with Crippen LogP contribution in [-0.2, 0) is 6.54 Å². The molecule has 1 atom stereocenters. The van der Waals surface area contributed by atoms with Crippen molar-refractivity contribution in [1.82, 2.24) is 9.78 Å². The van der Waals surface area contributed by atoms with E-state index in [0.717, 1.165) is 0 Å². The van der Waals surface area contributed by atoms with Crippen LogP contribution in [0.15, 0.2) is 28.9 Å². The van der Waals surface area contributed by atoms with E-state index >= 15 is 0 Å². The van der Waals surface area contributed by atoms with Gasteiger partial charge in [-0.15, -0.1) is 0 Å². The smallest absolute Gasteiger partial charge is 0.123 e. The SMILES string of the molecule is CCn1ncc(Cl)c1C(O)c1cc(F)ccc1Br. The van der Waals surface area contributed by atoms with Gasteiger partial charge >= 0.3 is 0 Å². The van der Waals surface area contributed by atoms with Crippen LogP contribution in [-0.4, -0.2) is 14.9 Å². The van der Waals surface area contributed by atoms with Crippen LogP contribution in [0.2, 0.25) is 5.02 Å². The third kappa shape index (κ3) is 2.43. The highest BCUT2D eigenvalue weighted by atomic mass is 79.9. The molecule has 0 aliphatic carbocycles. The Kier molecular flexibility index (Phi) is 4.04. The van der Waals surface area contributed by atoms with Crippen LogP contribution >= 0.6 is 27.5 Å². The largest absolute Gasteiger partial charge is 0.382 e. The Hall–Kier alpha value is -0.910. The molecule has 1 heterocycles. The second-order valence-electron chi connectivity index (χ2n) is 3.76. The van der Waals surface area contributed by atoms with Gasteiger partial charge in [0, 0.05) is 16.6 Å². The Morgan fingerprint density at radius 3 is 2.94 bits per heavy atom. The van der Waals surface area contributed by atoms with E-state index in [1.165, 1.54) is 18.3 Å². The van der Waals surface area contributed by atoms with Crippen LogP contribution in [0.25, 0.3) is 0 Å². The van der Waals surface area contributed by atoms with Gasteiger partial charge in [-0.3, -0.25) is 4.68 Å². The first kappa shape index (κ1) is 13.5. The molecule has 2 rings (SSSR count). The molecule has 0 radical (unpaired) electrons. The molecule has 0 amide bonds. The van der Waals surface area contributed by atoms with Crippen LogP contribution in [0.4, 0.5) is 4.39 Å². The first-order chi connectivity index (χ1) is 8.54. The highest BCUT2D eigenvalue weighted by Gasteiger charge is 2.21. The van der Waals surface area contributed by atoms with Crippen molar-refractivity contribution < 1.29 is 9.50 Å². The van der Waals surface area contributed by atoms with Crippen LogP contribution in [0.5, 0.6) is 0 Å². The number of rotatable bonds is 3. The lowest BCUT2D eigenvalue weighted by Gasteiger charge is -2.15. The average molecular weight is 334 g/mol. The molecule has 1 N–H and O–H groups in total. The first-order valence-electron chi connectivity index (χ1n) is 5.38. The van der Waals surface area contributed by atoms with Crippen LogP contribution in [0.3, 0.4) is 0 Å². The minimum atomic E-state index is -1.02. The van der Waals surface area contributed by atoms with Crippen molar-refractivity contribution in [2.24, 2.45) is 0 Å². The van der Waals surface area contributed by atoms with Gasteiger partial charge in [0.2, 0.25) is 0 Å². The van der Waals surface area contributed by atoms with Gasteiger partial charge in [0.1, 0.15) is 11.9 Å². The van der Waals surface area contributed by atoms with Gasteiger partial charge in [0.05, 0.1) is 16.9 Å². The van der Waals surface area contributed by atoms with E-state index in [-0.39, 0.29) is 0 Å². The molecule has 0 aliphatic heterocycles. The van der Waals surface area contributed by atoms with Crippen molar-refractivity contribution in [1.29, 1.82) is 0 Å². The summed E-state index contributed by atoms with van der Waals surface area (Å²) in [6, 6.07) is 4.14. The monoisotopic (exact) mass is 332 g/mol. The van der Waals surface area contributed by atoms with E-state index in [4.69, 9.17) is 11.6 Å². The lowest BCUT2D eigenvalue weighted by molar-refractivity contribution is 0.207. The Morgan fingerprint density at radius 1 is 1.56 bits per heavy atom. The molecule has 2 aromatic rings. The fraction of sp³-hybridized carbons (Fsp3) is 0.250. The van der Waals surface area contributed by atoms with Crippen molar-refractivity contribution >= 4 is 27.5 Å². The number of benzene rings is 1.